The maximum Gasteiger partial charge on any atom is 0.124 e. The van der Waals surface area contributed by atoms with Gasteiger partial charge < -0.3 is 5.32 Å². The summed E-state index contributed by atoms with van der Waals surface area (Å²) in [5.74, 6) is 0.648. The van der Waals surface area contributed by atoms with E-state index in [0.717, 1.165) is 15.2 Å². The predicted molar refractivity (Wildman–Crippen MR) is 64.9 cm³/mol. The van der Waals surface area contributed by atoms with E-state index in [1.807, 2.05) is 6.07 Å². The number of nitrogens with one attached hydrogen (secondary N) is 1. The Hall–Kier alpha value is -0.320. The highest BCUT2D eigenvalue weighted by Gasteiger charge is 2.27. The van der Waals surface area contributed by atoms with Gasteiger partial charge in [0.1, 0.15) is 5.82 Å². The Kier molecular flexibility index (Phi) is 2.95. The van der Waals surface area contributed by atoms with Crippen molar-refractivity contribution in [3.05, 3.63) is 27.6 Å². The Labute approximate surface area is 97.2 Å². The lowest BCUT2D eigenvalue weighted by atomic mass is 10.2. The Morgan fingerprint density at radius 3 is 2.79 bits per heavy atom. The standard InChI is InChI=1S/C11H13FIN/c1-7(8-2-3-8)14-11-5-4-9(12)6-10(11)13/h4-8,14H,2-3H2,1H3. The molecule has 1 nitrogen and oxygen atoms in total. The van der Waals surface area contributed by atoms with Crippen molar-refractivity contribution in [2.24, 2.45) is 5.92 Å². The molecule has 1 fully saturated rings. The van der Waals surface area contributed by atoms with Crippen LogP contribution in [0.25, 0.3) is 0 Å². The molecule has 3 heteroatoms. The van der Waals surface area contributed by atoms with Crippen molar-refractivity contribution in [1.29, 1.82) is 0 Å². The van der Waals surface area contributed by atoms with Gasteiger partial charge in [0.25, 0.3) is 0 Å². The summed E-state index contributed by atoms with van der Waals surface area (Å²) in [7, 11) is 0. The van der Waals surface area contributed by atoms with E-state index in [9.17, 15) is 4.39 Å². The molecule has 1 saturated carbocycles. The van der Waals surface area contributed by atoms with Crippen LogP contribution in [-0.2, 0) is 0 Å². The van der Waals surface area contributed by atoms with E-state index in [4.69, 9.17) is 0 Å². The number of rotatable bonds is 3. The summed E-state index contributed by atoms with van der Waals surface area (Å²) in [6.45, 7) is 2.19. The van der Waals surface area contributed by atoms with Crippen molar-refractivity contribution in [3.63, 3.8) is 0 Å². The fourth-order valence-electron chi connectivity index (χ4n) is 1.57. The molecule has 0 spiro atoms. The van der Waals surface area contributed by atoms with Crippen LogP contribution in [0.4, 0.5) is 10.1 Å². The molecule has 1 aliphatic rings. The third-order valence-electron chi connectivity index (χ3n) is 2.64. The molecule has 0 saturated heterocycles. The molecule has 76 valence electrons. The lowest BCUT2D eigenvalue weighted by molar-refractivity contribution is 0.626. The molecule has 1 aromatic carbocycles. The Bertz CT molecular complexity index is 336. The van der Waals surface area contributed by atoms with Crippen LogP contribution in [0, 0.1) is 15.3 Å². The fourth-order valence-corrected chi connectivity index (χ4v) is 2.20. The lowest BCUT2D eigenvalue weighted by Gasteiger charge is -2.15. The minimum absolute atomic E-state index is 0.168. The number of halogens is 2. The number of hydrogen-bond acceptors (Lipinski definition) is 1. The van der Waals surface area contributed by atoms with Gasteiger partial charge in [-0.25, -0.2) is 4.39 Å². The summed E-state index contributed by atoms with van der Waals surface area (Å²) in [6, 6.07) is 5.39. The van der Waals surface area contributed by atoms with Gasteiger partial charge in [-0.2, -0.15) is 0 Å². The van der Waals surface area contributed by atoms with Crippen LogP contribution in [0.2, 0.25) is 0 Å². The zero-order chi connectivity index (χ0) is 10.1. The molecule has 0 aromatic heterocycles. The summed E-state index contributed by atoms with van der Waals surface area (Å²) < 4.78 is 13.8. The average Bonchev–Trinajstić information content (AvgIpc) is 2.92. The SMILES string of the molecule is CC(Nc1ccc(F)cc1I)C1CC1. The summed E-state index contributed by atoms with van der Waals surface area (Å²) in [5.41, 5.74) is 1.05. The van der Waals surface area contributed by atoms with Crippen LogP contribution in [-0.4, -0.2) is 6.04 Å². The highest BCUT2D eigenvalue weighted by molar-refractivity contribution is 14.1. The highest BCUT2D eigenvalue weighted by Crippen LogP contribution is 2.34. The first-order valence-corrected chi connectivity index (χ1v) is 5.96. The second-order valence-electron chi connectivity index (χ2n) is 3.89. The van der Waals surface area contributed by atoms with E-state index in [2.05, 4.69) is 34.8 Å². The van der Waals surface area contributed by atoms with Crippen molar-refractivity contribution >= 4 is 28.3 Å². The average molecular weight is 305 g/mol. The van der Waals surface area contributed by atoms with Crippen molar-refractivity contribution in [3.8, 4) is 0 Å². The molecule has 1 unspecified atom stereocenters. The molecule has 1 atom stereocenters. The minimum atomic E-state index is -0.168. The molecule has 14 heavy (non-hydrogen) atoms. The van der Waals surface area contributed by atoms with Crippen molar-refractivity contribution in [2.75, 3.05) is 5.32 Å². The molecule has 0 heterocycles. The Morgan fingerprint density at radius 1 is 1.50 bits per heavy atom. The van der Waals surface area contributed by atoms with E-state index in [1.165, 1.54) is 18.9 Å². The van der Waals surface area contributed by atoms with Gasteiger partial charge >= 0.3 is 0 Å². The number of benzene rings is 1. The molecule has 1 aromatic rings. The fraction of sp³-hybridized carbons (Fsp3) is 0.455. The zero-order valence-electron chi connectivity index (χ0n) is 8.06. The topological polar surface area (TPSA) is 12.0 Å². The van der Waals surface area contributed by atoms with E-state index < -0.39 is 0 Å². The predicted octanol–water partition coefficient (Wildman–Crippen LogP) is 3.64. The summed E-state index contributed by atoms with van der Waals surface area (Å²) in [6.07, 6.45) is 2.65. The van der Waals surface area contributed by atoms with Gasteiger partial charge in [-0.05, 0) is 66.5 Å². The van der Waals surface area contributed by atoms with Gasteiger partial charge in [0.2, 0.25) is 0 Å². The first-order valence-electron chi connectivity index (χ1n) is 4.88. The molecule has 0 amide bonds. The Morgan fingerprint density at radius 2 is 2.21 bits per heavy atom. The smallest absolute Gasteiger partial charge is 0.124 e. The molecule has 0 bridgehead atoms. The largest absolute Gasteiger partial charge is 0.381 e. The summed E-state index contributed by atoms with van der Waals surface area (Å²) in [4.78, 5) is 0. The maximum absolute atomic E-state index is 12.8. The van der Waals surface area contributed by atoms with Crippen molar-refractivity contribution in [2.45, 2.75) is 25.8 Å². The van der Waals surface area contributed by atoms with Crippen molar-refractivity contribution < 1.29 is 4.39 Å². The summed E-state index contributed by atoms with van der Waals surface area (Å²) >= 11 is 2.16. The van der Waals surface area contributed by atoms with Gasteiger partial charge in [-0.3, -0.25) is 0 Å². The van der Waals surface area contributed by atoms with Gasteiger partial charge in [0, 0.05) is 15.3 Å². The second-order valence-corrected chi connectivity index (χ2v) is 5.06. The van der Waals surface area contributed by atoms with Gasteiger partial charge in [-0.1, -0.05) is 0 Å². The van der Waals surface area contributed by atoms with E-state index in [-0.39, 0.29) is 5.82 Å². The zero-order valence-corrected chi connectivity index (χ0v) is 10.2. The summed E-state index contributed by atoms with van der Waals surface area (Å²) in [5, 5.41) is 3.43. The number of anilines is 1. The Balaban J connectivity index is 2.07. The monoisotopic (exact) mass is 305 g/mol. The minimum Gasteiger partial charge on any atom is -0.381 e. The first-order chi connectivity index (χ1) is 6.66. The second kappa shape index (κ2) is 4.04. The third-order valence-corrected chi connectivity index (χ3v) is 3.54. The normalized spacial score (nSPS) is 17.9. The molecule has 0 radical (unpaired) electrons. The van der Waals surface area contributed by atoms with E-state index in [1.54, 1.807) is 6.07 Å². The first kappa shape index (κ1) is 10.2. The van der Waals surface area contributed by atoms with Crippen LogP contribution in [0.15, 0.2) is 18.2 Å². The van der Waals surface area contributed by atoms with Crippen LogP contribution >= 0.6 is 22.6 Å². The van der Waals surface area contributed by atoms with Crippen LogP contribution < -0.4 is 5.32 Å². The van der Waals surface area contributed by atoms with Gasteiger partial charge in [0.15, 0.2) is 0 Å². The van der Waals surface area contributed by atoms with Crippen LogP contribution in [0.1, 0.15) is 19.8 Å². The molecule has 1 N–H and O–H groups in total. The van der Waals surface area contributed by atoms with Gasteiger partial charge in [-0.15, -0.1) is 0 Å². The highest BCUT2D eigenvalue weighted by atomic mass is 127. The molecule has 2 rings (SSSR count). The lowest BCUT2D eigenvalue weighted by Crippen LogP contribution is -2.17. The molecular weight excluding hydrogens is 292 g/mol. The molecule has 1 aliphatic carbocycles. The molecular formula is C11H13FIN. The van der Waals surface area contributed by atoms with Crippen molar-refractivity contribution in [1.82, 2.24) is 0 Å². The van der Waals surface area contributed by atoms with E-state index >= 15 is 0 Å². The van der Waals surface area contributed by atoms with Crippen LogP contribution in [0.5, 0.6) is 0 Å². The maximum atomic E-state index is 12.8. The molecule has 0 aliphatic heterocycles. The third kappa shape index (κ3) is 2.38. The van der Waals surface area contributed by atoms with Crippen LogP contribution in [0.3, 0.4) is 0 Å². The number of hydrogen-bond donors (Lipinski definition) is 1. The van der Waals surface area contributed by atoms with Gasteiger partial charge in [0.05, 0.1) is 0 Å². The van der Waals surface area contributed by atoms with E-state index in [0.29, 0.717) is 6.04 Å². The quantitative estimate of drug-likeness (QED) is 0.841.